The SMILES string of the molecule is C=CCOC(=O)c1ccc(C(=O)OCC[CH2+])cc1. The van der Waals surface area contributed by atoms with Gasteiger partial charge in [0.2, 0.25) is 0 Å². The van der Waals surface area contributed by atoms with Gasteiger partial charge in [0.15, 0.2) is 0 Å². The zero-order valence-electron chi connectivity index (χ0n) is 10.1. The Bertz CT molecular complexity index is 420. The van der Waals surface area contributed by atoms with E-state index in [0.29, 0.717) is 17.5 Å². The van der Waals surface area contributed by atoms with Crippen LogP contribution in [0.3, 0.4) is 0 Å². The van der Waals surface area contributed by atoms with E-state index < -0.39 is 11.9 Å². The molecule has 1 rings (SSSR count). The smallest absolute Gasteiger partial charge is 0.338 e. The maximum absolute atomic E-state index is 11.5. The van der Waals surface area contributed by atoms with Crippen molar-refractivity contribution in [3.8, 4) is 0 Å². The van der Waals surface area contributed by atoms with Gasteiger partial charge in [0.25, 0.3) is 0 Å². The highest BCUT2D eigenvalue weighted by Crippen LogP contribution is 2.07. The molecule has 0 saturated heterocycles. The number of carbonyl (C=O) groups excluding carboxylic acids is 2. The van der Waals surface area contributed by atoms with Crippen LogP contribution in [0.1, 0.15) is 27.1 Å². The van der Waals surface area contributed by atoms with Crippen LogP contribution in [0.25, 0.3) is 0 Å². The number of rotatable bonds is 6. The van der Waals surface area contributed by atoms with Crippen molar-refractivity contribution in [1.82, 2.24) is 0 Å². The second-order valence-corrected chi connectivity index (χ2v) is 3.45. The fraction of sp³-hybridized carbons (Fsp3) is 0.214. The van der Waals surface area contributed by atoms with Gasteiger partial charge in [-0.05, 0) is 24.3 Å². The summed E-state index contributed by atoms with van der Waals surface area (Å²) in [6.45, 7) is 7.46. The zero-order chi connectivity index (χ0) is 13.4. The Labute approximate surface area is 106 Å². The van der Waals surface area contributed by atoms with E-state index in [0.717, 1.165) is 0 Å². The third-order valence-corrected chi connectivity index (χ3v) is 2.07. The first-order chi connectivity index (χ1) is 8.69. The summed E-state index contributed by atoms with van der Waals surface area (Å²) in [5.74, 6) is -0.878. The van der Waals surface area contributed by atoms with E-state index in [-0.39, 0.29) is 13.2 Å². The molecule has 1 aromatic rings. The molecule has 0 amide bonds. The number of benzene rings is 1. The van der Waals surface area contributed by atoms with Crippen molar-refractivity contribution < 1.29 is 19.1 Å². The third-order valence-electron chi connectivity index (χ3n) is 2.07. The van der Waals surface area contributed by atoms with Crippen molar-refractivity contribution in [3.63, 3.8) is 0 Å². The van der Waals surface area contributed by atoms with Gasteiger partial charge in [-0.25, -0.2) is 9.59 Å². The molecule has 18 heavy (non-hydrogen) atoms. The van der Waals surface area contributed by atoms with Gasteiger partial charge in [-0.1, -0.05) is 12.7 Å². The van der Waals surface area contributed by atoms with Gasteiger partial charge in [0.1, 0.15) is 19.6 Å². The molecule has 0 heterocycles. The molecule has 0 saturated carbocycles. The van der Waals surface area contributed by atoms with E-state index >= 15 is 0 Å². The number of ether oxygens (including phenoxy) is 2. The average molecular weight is 247 g/mol. The molecule has 0 radical (unpaired) electrons. The van der Waals surface area contributed by atoms with Crippen LogP contribution in [-0.2, 0) is 9.47 Å². The van der Waals surface area contributed by atoms with Crippen LogP contribution < -0.4 is 0 Å². The lowest BCUT2D eigenvalue weighted by Crippen LogP contribution is -2.08. The largest absolute Gasteiger partial charge is 0.458 e. The molecule has 0 bridgehead atoms. The van der Waals surface area contributed by atoms with Crippen LogP contribution in [0.2, 0.25) is 0 Å². The Kier molecular flexibility index (Phi) is 5.51. The second-order valence-electron chi connectivity index (χ2n) is 3.45. The highest BCUT2D eigenvalue weighted by atomic mass is 16.5. The summed E-state index contributed by atoms with van der Waals surface area (Å²) in [5, 5.41) is 0. The molecule has 94 valence electrons. The molecular formula is C14H15O4+. The Morgan fingerprint density at radius 2 is 1.61 bits per heavy atom. The summed E-state index contributed by atoms with van der Waals surface area (Å²) in [6.07, 6.45) is 2.01. The summed E-state index contributed by atoms with van der Waals surface area (Å²) in [6, 6.07) is 6.09. The fourth-order valence-electron chi connectivity index (χ4n) is 1.21. The standard InChI is InChI=1S/C14H15O4/c1-3-9-17-13(15)11-5-7-12(8-6-11)14(16)18-10-4-2/h3,5-8H,1-2,4,9-10H2/q+1. The van der Waals surface area contributed by atoms with Gasteiger partial charge >= 0.3 is 11.9 Å². The summed E-state index contributed by atoms with van der Waals surface area (Å²) in [5.41, 5.74) is 0.772. The van der Waals surface area contributed by atoms with Crippen molar-refractivity contribution in [1.29, 1.82) is 0 Å². The Morgan fingerprint density at radius 3 is 2.06 bits per heavy atom. The molecule has 0 fully saturated rings. The molecule has 0 aliphatic heterocycles. The second kappa shape index (κ2) is 7.17. The number of hydrogen-bond donors (Lipinski definition) is 0. The van der Waals surface area contributed by atoms with Crippen molar-refractivity contribution in [2.75, 3.05) is 13.2 Å². The predicted octanol–water partition coefficient (Wildman–Crippen LogP) is 2.41. The summed E-state index contributed by atoms with van der Waals surface area (Å²) >= 11 is 0. The van der Waals surface area contributed by atoms with E-state index in [4.69, 9.17) is 9.47 Å². The molecule has 0 spiro atoms. The van der Waals surface area contributed by atoms with Gasteiger partial charge in [0, 0.05) is 0 Å². The summed E-state index contributed by atoms with van der Waals surface area (Å²) in [7, 11) is 0. The van der Waals surface area contributed by atoms with Crippen LogP contribution in [0.4, 0.5) is 0 Å². The lowest BCUT2D eigenvalue weighted by Gasteiger charge is -2.04. The maximum atomic E-state index is 11.5. The van der Waals surface area contributed by atoms with Crippen LogP contribution in [0, 0.1) is 6.92 Å². The molecule has 1 aromatic carbocycles. The number of esters is 2. The van der Waals surface area contributed by atoms with Gasteiger partial charge in [-0.15, -0.1) is 0 Å². The van der Waals surface area contributed by atoms with Crippen molar-refractivity contribution in [2.24, 2.45) is 0 Å². The lowest BCUT2D eigenvalue weighted by atomic mass is 10.1. The molecular weight excluding hydrogens is 232 g/mol. The molecule has 0 aliphatic carbocycles. The van der Waals surface area contributed by atoms with E-state index in [2.05, 4.69) is 13.5 Å². The zero-order valence-corrected chi connectivity index (χ0v) is 10.1. The normalized spacial score (nSPS) is 9.56. The first kappa shape index (κ1) is 13.8. The first-order valence-electron chi connectivity index (χ1n) is 5.53. The molecule has 0 atom stereocenters. The third kappa shape index (κ3) is 3.97. The minimum atomic E-state index is -0.451. The van der Waals surface area contributed by atoms with Crippen molar-refractivity contribution >= 4 is 11.9 Å². The van der Waals surface area contributed by atoms with Crippen LogP contribution >= 0.6 is 0 Å². The fourth-order valence-corrected chi connectivity index (χ4v) is 1.21. The van der Waals surface area contributed by atoms with E-state index in [1.807, 2.05) is 0 Å². The maximum Gasteiger partial charge on any atom is 0.338 e. The van der Waals surface area contributed by atoms with Crippen molar-refractivity contribution in [2.45, 2.75) is 6.42 Å². The monoisotopic (exact) mass is 247 g/mol. The van der Waals surface area contributed by atoms with E-state index in [1.165, 1.54) is 30.3 Å². The van der Waals surface area contributed by atoms with Crippen molar-refractivity contribution in [3.05, 3.63) is 55.0 Å². The predicted molar refractivity (Wildman–Crippen MR) is 67.2 cm³/mol. The molecule has 4 heteroatoms. The number of hydrogen-bond acceptors (Lipinski definition) is 4. The lowest BCUT2D eigenvalue weighted by molar-refractivity contribution is 0.0506. The van der Waals surface area contributed by atoms with Gasteiger partial charge < -0.3 is 9.47 Å². The minimum absolute atomic E-state index is 0.159. The quantitative estimate of drug-likeness (QED) is 0.440. The summed E-state index contributed by atoms with van der Waals surface area (Å²) < 4.78 is 9.77. The topological polar surface area (TPSA) is 52.6 Å². The Hall–Kier alpha value is -2.23. The average Bonchev–Trinajstić information content (AvgIpc) is 2.42. The summed E-state index contributed by atoms with van der Waals surface area (Å²) in [4.78, 5) is 22.9. The van der Waals surface area contributed by atoms with Gasteiger partial charge in [0.05, 0.1) is 18.1 Å². The van der Waals surface area contributed by atoms with Gasteiger partial charge in [-0.3, -0.25) is 0 Å². The highest BCUT2D eigenvalue weighted by Gasteiger charge is 2.10. The highest BCUT2D eigenvalue weighted by molar-refractivity contribution is 5.93. The molecule has 0 aromatic heterocycles. The van der Waals surface area contributed by atoms with Crippen LogP contribution in [0.15, 0.2) is 36.9 Å². The Balaban J connectivity index is 2.64. The van der Waals surface area contributed by atoms with E-state index in [9.17, 15) is 9.59 Å². The van der Waals surface area contributed by atoms with Gasteiger partial charge in [-0.2, -0.15) is 0 Å². The first-order valence-corrected chi connectivity index (χ1v) is 5.53. The molecule has 0 unspecified atom stereocenters. The minimum Gasteiger partial charge on any atom is -0.458 e. The van der Waals surface area contributed by atoms with Crippen LogP contribution in [0.5, 0.6) is 0 Å². The number of carbonyl (C=O) groups is 2. The Morgan fingerprint density at radius 1 is 1.11 bits per heavy atom. The molecule has 0 N–H and O–H groups in total. The molecule has 4 nitrogen and oxygen atoms in total. The van der Waals surface area contributed by atoms with Crippen LogP contribution in [-0.4, -0.2) is 25.2 Å². The van der Waals surface area contributed by atoms with E-state index in [1.54, 1.807) is 0 Å². The molecule has 0 aliphatic rings.